The van der Waals surface area contributed by atoms with E-state index < -0.39 is 0 Å². The van der Waals surface area contributed by atoms with Gasteiger partial charge >= 0.3 is 0 Å². The van der Waals surface area contributed by atoms with E-state index >= 15 is 0 Å². The number of benzene rings is 1. The fourth-order valence-electron chi connectivity index (χ4n) is 1.81. The second kappa shape index (κ2) is 8.18. The Labute approximate surface area is 122 Å². The van der Waals surface area contributed by atoms with E-state index in [1.807, 2.05) is 38.1 Å². The van der Waals surface area contributed by atoms with Crippen LogP contribution in [0.1, 0.15) is 49.5 Å². The third kappa shape index (κ3) is 5.85. The SMILES string of the molecule is CCCc1ccc(C(=O)COCCC(C)(C)OC)cc1. The topological polar surface area (TPSA) is 35.5 Å². The van der Waals surface area contributed by atoms with Crippen LogP contribution in [0.3, 0.4) is 0 Å². The third-order valence-corrected chi connectivity index (χ3v) is 3.45. The zero-order chi connectivity index (χ0) is 15.0. The molecule has 0 saturated carbocycles. The summed E-state index contributed by atoms with van der Waals surface area (Å²) in [4.78, 5) is 12.0. The molecule has 0 aliphatic rings. The van der Waals surface area contributed by atoms with Gasteiger partial charge in [0.25, 0.3) is 0 Å². The highest BCUT2D eigenvalue weighted by Crippen LogP contribution is 2.13. The summed E-state index contributed by atoms with van der Waals surface area (Å²) >= 11 is 0. The van der Waals surface area contributed by atoms with E-state index in [1.54, 1.807) is 7.11 Å². The molecule has 3 nitrogen and oxygen atoms in total. The van der Waals surface area contributed by atoms with Crippen LogP contribution in [0.25, 0.3) is 0 Å². The van der Waals surface area contributed by atoms with Crippen molar-refractivity contribution in [3.8, 4) is 0 Å². The summed E-state index contributed by atoms with van der Waals surface area (Å²) in [6, 6.07) is 7.81. The van der Waals surface area contributed by atoms with Crippen LogP contribution < -0.4 is 0 Å². The van der Waals surface area contributed by atoms with E-state index in [4.69, 9.17) is 9.47 Å². The van der Waals surface area contributed by atoms with Crippen LogP contribution in [0.15, 0.2) is 24.3 Å². The average Bonchev–Trinajstić information content (AvgIpc) is 2.44. The second-order valence-corrected chi connectivity index (χ2v) is 5.64. The molecule has 0 atom stereocenters. The van der Waals surface area contributed by atoms with Gasteiger partial charge < -0.3 is 9.47 Å². The third-order valence-electron chi connectivity index (χ3n) is 3.45. The number of carbonyl (C=O) groups is 1. The molecule has 0 spiro atoms. The molecule has 0 unspecified atom stereocenters. The van der Waals surface area contributed by atoms with Gasteiger partial charge in [-0.05, 0) is 32.3 Å². The summed E-state index contributed by atoms with van der Waals surface area (Å²) in [7, 11) is 1.68. The summed E-state index contributed by atoms with van der Waals surface area (Å²) < 4.78 is 10.7. The van der Waals surface area contributed by atoms with E-state index in [2.05, 4.69) is 6.92 Å². The zero-order valence-electron chi connectivity index (χ0n) is 13.1. The molecule has 1 aromatic rings. The van der Waals surface area contributed by atoms with E-state index in [0.29, 0.717) is 6.61 Å². The molecule has 0 bridgehead atoms. The van der Waals surface area contributed by atoms with Crippen LogP contribution >= 0.6 is 0 Å². The van der Waals surface area contributed by atoms with Gasteiger partial charge in [0.15, 0.2) is 5.78 Å². The number of carbonyl (C=O) groups excluding carboxylic acids is 1. The maximum Gasteiger partial charge on any atom is 0.188 e. The molecular formula is C17H26O3. The van der Waals surface area contributed by atoms with Crippen molar-refractivity contribution in [2.24, 2.45) is 0 Å². The summed E-state index contributed by atoms with van der Waals surface area (Å²) in [5, 5.41) is 0. The van der Waals surface area contributed by atoms with Crippen LogP contribution in [0.4, 0.5) is 0 Å². The maximum atomic E-state index is 12.0. The maximum absolute atomic E-state index is 12.0. The molecule has 1 aromatic carbocycles. The first-order chi connectivity index (χ1) is 9.48. The predicted molar refractivity (Wildman–Crippen MR) is 81.3 cm³/mol. The van der Waals surface area contributed by atoms with E-state index in [-0.39, 0.29) is 18.0 Å². The Morgan fingerprint density at radius 2 is 1.85 bits per heavy atom. The van der Waals surface area contributed by atoms with Crippen molar-refractivity contribution in [3.05, 3.63) is 35.4 Å². The van der Waals surface area contributed by atoms with E-state index in [1.165, 1.54) is 5.56 Å². The monoisotopic (exact) mass is 278 g/mol. The van der Waals surface area contributed by atoms with Crippen molar-refractivity contribution < 1.29 is 14.3 Å². The average molecular weight is 278 g/mol. The van der Waals surface area contributed by atoms with Crippen molar-refractivity contribution in [2.75, 3.05) is 20.3 Å². The highest BCUT2D eigenvalue weighted by molar-refractivity contribution is 5.97. The molecule has 20 heavy (non-hydrogen) atoms. The van der Waals surface area contributed by atoms with Gasteiger partial charge in [-0.15, -0.1) is 0 Å². The molecule has 0 N–H and O–H groups in total. The number of ketones is 1. The van der Waals surface area contributed by atoms with Crippen LogP contribution in [0, 0.1) is 0 Å². The standard InChI is InChI=1S/C17H26O3/c1-5-6-14-7-9-15(10-8-14)16(18)13-20-12-11-17(2,3)19-4/h7-10H,5-6,11-13H2,1-4H3. The number of Topliss-reactive ketones (excluding diaryl/α,β-unsaturated/α-hetero) is 1. The van der Waals surface area contributed by atoms with Crippen molar-refractivity contribution in [3.63, 3.8) is 0 Å². The van der Waals surface area contributed by atoms with Crippen LogP contribution in [-0.4, -0.2) is 31.7 Å². The molecule has 0 aliphatic heterocycles. The Morgan fingerprint density at radius 1 is 1.20 bits per heavy atom. The van der Waals surface area contributed by atoms with Gasteiger partial charge in [0.1, 0.15) is 6.61 Å². The number of methoxy groups -OCH3 is 1. The van der Waals surface area contributed by atoms with Crippen molar-refractivity contribution >= 4 is 5.78 Å². The molecule has 0 saturated heterocycles. The van der Waals surface area contributed by atoms with Gasteiger partial charge in [-0.25, -0.2) is 0 Å². The first-order valence-electron chi connectivity index (χ1n) is 7.23. The summed E-state index contributed by atoms with van der Waals surface area (Å²) in [6.07, 6.45) is 2.94. The van der Waals surface area contributed by atoms with Gasteiger partial charge in [0.2, 0.25) is 0 Å². The highest BCUT2D eigenvalue weighted by Gasteiger charge is 2.16. The summed E-state index contributed by atoms with van der Waals surface area (Å²) in [5.41, 5.74) is 1.79. The van der Waals surface area contributed by atoms with Crippen molar-refractivity contribution in [1.29, 1.82) is 0 Å². The second-order valence-electron chi connectivity index (χ2n) is 5.64. The van der Waals surface area contributed by atoms with Crippen LogP contribution in [0.5, 0.6) is 0 Å². The fourth-order valence-corrected chi connectivity index (χ4v) is 1.81. The number of ether oxygens (including phenoxy) is 2. The van der Waals surface area contributed by atoms with Crippen molar-refractivity contribution in [2.45, 2.75) is 45.6 Å². The van der Waals surface area contributed by atoms with Gasteiger partial charge in [-0.2, -0.15) is 0 Å². The molecule has 0 aliphatic carbocycles. The zero-order valence-corrected chi connectivity index (χ0v) is 13.1. The van der Waals surface area contributed by atoms with E-state index in [9.17, 15) is 4.79 Å². The van der Waals surface area contributed by atoms with Gasteiger partial charge in [0.05, 0.1) is 5.60 Å². The van der Waals surface area contributed by atoms with Gasteiger partial charge in [-0.1, -0.05) is 37.6 Å². The summed E-state index contributed by atoms with van der Waals surface area (Å²) in [5.74, 6) is 0.0308. The molecule has 112 valence electrons. The Hall–Kier alpha value is -1.19. The molecule has 0 heterocycles. The number of hydrogen-bond donors (Lipinski definition) is 0. The molecule has 0 fully saturated rings. The minimum atomic E-state index is -0.204. The largest absolute Gasteiger partial charge is 0.379 e. The fraction of sp³-hybridized carbons (Fsp3) is 0.588. The lowest BCUT2D eigenvalue weighted by atomic mass is 10.1. The quantitative estimate of drug-likeness (QED) is 0.511. The van der Waals surface area contributed by atoms with E-state index in [0.717, 1.165) is 24.8 Å². The number of hydrogen-bond acceptors (Lipinski definition) is 3. The molecule has 1 rings (SSSR count). The molecule has 0 aromatic heterocycles. The number of aryl methyl sites for hydroxylation is 1. The molecular weight excluding hydrogens is 252 g/mol. The lowest BCUT2D eigenvalue weighted by Crippen LogP contribution is -2.25. The minimum Gasteiger partial charge on any atom is -0.379 e. The molecule has 3 heteroatoms. The molecule has 0 radical (unpaired) electrons. The van der Waals surface area contributed by atoms with Crippen molar-refractivity contribution in [1.82, 2.24) is 0 Å². The smallest absolute Gasteiger partial charge is 0.188 e. The first-order valence-corrected chi connectivity index (χ1v) is 7.23. The number of rotatable bonds is 9. The highest BCUT2D eigenvalue weighted by atomic mass is 16.5. The lowest BCUT2D eigenvalue weighted by molar-refractivity contribution is -0.00836. The normalized spacial score (nSPS) is 11.6. The van der Waals surface area contributed by atoms with Gasteiger partial charge in [-0.3, -0.25) is 4.79 Å². The Bertz CT molecular complexity index is 407. The van der Waals surface area contributed by atoms with Crippen LogP contribution in [0.2, 0.25) is 0 Å². The Kier molecular flexibility index (Phi) is 6.89. The predicted octanol–water partition coefficient (Wildman–Crippen LogP) is 3.65. The first kappa shape index (κ1) is 16.9. The minimum absolute atomic E-state index is 0.0308. The lowest BCUT2D eigenvalue weighted by Gasteiger charge is -2.22. The Balaban J connectivity index is 2.35. The molecule has 0 amide bonds. The van der Waals surface area contributed by atoms with Gasteiger partial charge in [0, 0.05) is 19.3 Å². The van der Waals surface area contributed by atoms with Crippen LogP contribution in [-0.2, 0) is 15.9 Å². The summed E-state index contributed by atoms with van der Waals surface area (Å²) in [6.45, 7) is 6.82. The Morgan fingerprint density at radius 3 is 2.40 bits per heavy atom.